The number of benzene rings is 2. The van der Waals surface area contributed by atoms with Gasteiger partial charge in [0.1, 0.15) is 18.1 Å². The number of methoxy groups -OCH3 is 1. The van der Waals surface area contributed by atoms with Gasteiger partial charge in [0.05, 0.1) is 12.1 Å². The highest BCUT2D eigenvalue weighted by molar-refractivity contribution is 6.00. The summed E-state index contributed by atoms with van der Waals surface area (Å²) in [6.45, 7) is 7.74. The fourth-order valence-electron chi connectivity index (χ4n) is 3.21. The molecule has 146 valence electrons. The maximum absolute atomic E-state index is 12.9. The predicted octanol–water partition coefficient (Wildman–Crippen LogP) is 3.94. The van der Waals surface area contributed by atoms with E-state index >= 15 is 0 Å². The molecule has 0 fully saturated rings. The molecule has 3 aromatic rings. The number of carbonyl (C=O) groups is 1. The van der Waals surface area contributed by atoms with Gasteiger partial charge in [0.15, 0.2) is 0 Å². The molecule has 0 bridgehead atoms. The number of rotatable bonds is 9. The van der Waals surface area contributed by atoms with Crippen molar-refractivity contribution >= 4 is 16.8 Å². The molecular formula is C23H26N2O3. The van der Waals surface area contributed by atoms with Gasteiger partial charge >= 0.3 is 0 Å². The molecule has 0 saturated heterocycles. The van der Waals surface area contributed by atoms with Crippen LogP contribution in [0.4, 0.5) is 0 Å². The summed E-state index contributed by atoms with van der Waals surface area (Å²) in [6, 6.07) is 16.0. The smallest absolute Gasteiger partial charge is 0.268 e. The first-order valence-electron chi connectivity index (χ1n) is 9.33. The fourth-order valence-corrected chi connectivity index (χ4v) is 3.21. The first-order valence-corrected chi connectivity index (χ1v) is 9.33. The number of hydrogen-bond donors (Lipinski definition) is 1. The van der Waals surface area contributed by atoms with E-state index in [0.717, 1.165) is 16.7 Å². The van der Waals surface area contributed by atoms with E-state index in [1.54, 1.807) is 13.2 Å². The van der Waals surface area contributed by atoms with Crippen LogP contribution in [-0.2, 0) is 11.3 Å². The molecule has 3 rings (SSSR count). The molecule has 0 aliphatic carbocycles. The Bertz CT molecular complexity index is 975. The van der Waals surface area contributed by atoms with Crippen LogP contribution in [0.2, 0.25) is 0 Å². The van der Waals surface area contributed by atoms with Gasteiger partial charge in [-0.3, -0.25) is 4.79 Å². The summed E-state index contributed by atoms with van der Waals surface area (Å²) < 4.78 is 12.9. The molecule has 1 heterocycles. The highest BCUT2D eigenvalue weighted by Crippen LogP contribution is 2.30. The van der Waals surface area contributed by atoms with Crippen molar-refractivity contribution in [1.29, 1.82) is 0 Å². The van der Waals surface area contributed by atoms with Gasteiger partial charge in [-0.2, -0.15) is 0 Å². The van der Waals surface area contributed by atoms with Crippen molar-refractivity contribution in [2.24, 2.45) is 0 Å². The van der Waals surface area contributed by atoms with Gasteiger partial charge in [0.2, 0.25) is 0 Å². The fraction of sp³-hybridized carbons (Fsp3) is 0.261. The average Bonchev–Trinajstić information content (AvgIpc) is 3.07. The van der Waals surface area contributed by atoms with E-state index in [1.807, 2.05) is 41.0 Å². The Morgan fingerprint density at radius 2 is 2.04 bits per heavy atom. The Hall–Kier alpha value is -3.05. The summed E-state index contributed by atoms with van der Waals surface area (Å²) in [5, 5.41) is 3.83. The standard InChI is InChI=1S/C23H26N2O3/c1-4-13-28-22-11-7-10-20-19(22)15-21(23(26)24-12-14-27-3)25(20)16-18-9-6-5-8-17(18)2/h4-11,15H,1,12-14,16H2,2-3H3,(H,24,26). The number of carbonyl (C=O) groups excluding carboxylic acids is 1. The van der Waals surface area contributed by atoms with Crippen LogP contribution in [0.25, 0.3) is 10.9 Å². The van der Waals surface area contributed by atoms with E-state index < -0.39 is 0 Å². The number of aryl methyl sites for hydroxylation is 1. The normalized spacial score (nSPS) is 10.8. The SMILES string of the molecule is C=CCOc1cccc2c1cc(C(=O)NCCOC)n2Cc1ccccc1C. The van der Waals surface area contributed by atoms with Crippen LogP contribution in [0.15, 0.2) is 61.2 Å². The zero-order valence-corrected chi connectivity index (χ0v) is 16.4. The second-order valence-electron chi connectivity index (χ2n) is 6.58. The van der Waals surface area contributed by atoms with Crippen molar-refractivity contribution in [3.63, 3.8) is 0 Å². The maximum Gasteiger partial charge on any atom is 0.268 e. The lowest BCUT2D eigenvalue weighted by Crippen LogP contribution is -2.29. The molecule has 1 amide bonds. The quantitative estimate of drug-likeness (QED) is 0.453. The third-order valence-electron chi connectivity index (χ3n) is 4.68. The lowest BCUT2D eigenvalue weighted by Gasteiger charge is -2.13. The van der Waals surface area contributed by atoms with Crippen LogP contribution >= 0.6 is 0 Å². The van der Waals surface area contributed by atoms with Crippen molar-refractivity contribution < 1.29 is 14.3 Å². The van der Waals surface area contributed by atoms with Gasteiger partial charge in [-0.05, 0) is 36.2 Å². The number of aromatic nitrogens is 1. The van der Waals surface area contributed by atoms with Gasteiger partial charge in [-0.1, -0.05) is 43.0 Å². The number of nitrogens with zero attached hydrogens (tertiary/aromatic N) is 1. The number of ether oxygens (including phenoxy) is 2. The van der Waals surface area contributed by atoms with Crippen molar-refractivity contribution in [2.45, 2.75) is 13.5 Å². The molecule has 2 aromatic carbocycles. The van der Waals surface area contributed by atoms with E-state index in [-0.39, 0.29) is 5.91 Å². The van der Waals surface area contributed by atoms with E-state index in [4.69, 9.17) is 9.47 Å². The van der Waals surface area contributed by atoms with Crippen molar-refractivity contribution in [2.75, 3.05) is 26.9 Å². The highest BCUT2D eigenvalue weighted by atomic mass is 16.5. The molecule has 0 unspecified atom stereocenters. The molecule has 28 heavy (non-hydrogen) atoms. The topological polar surface area (TPSA) is 52.5 Å². The van der Waals surface area contributed by atoms with E-state index in [9.17, 15) is 4.79 Å². The van der Waals surface area contributed by atoms with Crippen LogP contribution < -0.4 is 10.1 Å². The molecule has 0 aliphatic heterocycles. The lowest BCUT2D eigenvalue weighted by molar-refractivity contribution is 0.0928. The van der Waals surface area contributed by atoms with Gasteiger partial charge < -0.3 is 19.4 Å². The minimum atomic E-state index is -0.128. The molecular weight excluding hydrogens is 352 g/mol. The molecule has 0 spiro atoms. The third kappa shape index (κ3) is 4.26. The molecule has 0 saturated carbocycles. The first kappa shape index (κ1) is 19.7. The Labute approximate surface area is 165 Å². The monoisotopic (exact) mass is 378 g/mol. The highest BCUT2D eigenvalue weighted by Gasteiger charge is 2.18. The Morgan fingerprint density at radius 3 is 2.79 bits per heavy atom. The zero-order valence-electron chi connectivity index (χ0n) is 16.4. The summed E-state index contributed by atoms with van der Waals surface area (Å²) in [7, 11) is 1.62. The summed E-state index contributed by atoms with van der Waals surface area (Å²) >= 11 is 0. The second kappa shape index (κ2) is 9.24. The number of amides is 1. The molecule has 1 aromatic heterocycles. The number of fused-ring (bicyclic) bond motifs is 1. The molecule has 5 heteroatoms. The maximum atomic E-state index is 12.9. The average molecular weight is 378 g/mol. The van der Waals surface area contributed by atoms with Crippen LogP contribution in [0.5, 0.6) is 5.75 Å². The molecule has 0 atom stereocenters. The summed E-state index contributed by atoms with van der Waals surface area (Å²) in [5.74, 6) is 0.614. The van der Waals surface area contributed by atoms with Crippen LogP contribution in [0.1, 0.15) is 21.6 Å². The van der Waals surface area contributed by atoms with Crippen molar-refractivity contribution in [1.82, 2.24) is 9.88 Å². The van der Waals surface area contributed by atoms with Crippen molar-refractivity contribution in [3.05, 3.63) is 78.0 Å². The van der Waals surface area contributed by atoms with E-state index in [2.05, 4.69) is 31.0 Å². The van der Waals surface area contributed by atoms with Gasteiger partial charge in [-0.25, -0.2) is 0 Å². The van der Waals surface area contributed by atoms with Crippen LogP contribution in [0, 0.1) is 6.92 Å². The third-order valence-corrected chi connectivity index (χ3v) is 4.68. The molecule has 5 nitrogen and oxygen atoms in total. The van der Waals surface area contributed by atoms with Gasteiger partial charge in [-0.15, -0.1) is 0 Å². The Kier molecular flexibility index (Phi) is 6.50. The van der Waals surface area contributed by atoms with Gasteiger partial charge in [0, 0.05) is 25.6 Å². The summed E-state index contributed by atoms with van der Waals surface area (Å²) in [4.78, 5) is 12.9. The molecule has 0 radical (unpaired) electrons. The summed E-state index contributed by atoms with van der Waals surface area (Å²) in [6.07, 6.45) is 1.71. The minimum absolute atomic E-state index is 0.128. The Morgan fingerprint density at radius 1 is 1.21 bits per heavy atom. The zero-order chi connectivity index (χ0) is 19.9. The first-order chi connectivity index (χ1) is 13.7. The van der Waals surface area contributed by atoms with Gasteiger partial charge in [0.25, 0.3) is 5.91 Å². The number of hydrogen-bond acceptors (Lipinski definition) is 3. The largest absolute Gasteiger partial charge is 0.489 e. The number of nitrogens with one attached hydrogen (secondary N) is 1. The minimum Gasteiger partial charge on any atom is -0.489 e. The lowest BCUT2D eigenvalue weighted by atomic mass is 10.1. The van der Waals surface area contributed by atoms with Crippen LogP contribution in [-0.4, -0.2) is 37.3 Å². The predicted molar refractivity (Wildman–Crippen MR) is 112 cm³/mol. The second-order valence-corrected chi connectivity index (χ2v) is 6.58. The van der Waals surface area contributed by atoms with E-state index in [1.165, 1.54) is 11.1 Å². The van der Waals surface area contributed by atoms with Crippen LogP contribution in [0.3, 0.4) is 0 Å². The van der Waals surface area contributed by atoms with Crippen molar-refractivity contribution in [3.8, 4) is 5.75 Å². The Balaban J connectivity index is 2.06. The van der Waals surface area contributed by atoms with E-state index in [0.29, 0.717) is 32.0 Å². The molecule has 0 aliphatic rings. The summed E-state index contributed by atoms with van der Waals surface area (Å²) in [5.41, 5.74) is 3.92. The molecule has 1 N–H and O–H groups in total.